The van der Waals surface area contributed by atoms with Crippen LogP contribution in [-0.2, 0) is 20.1 Å². The van der Waals surface area contributed by atoms with Gasteiger partial charge in [-0.1, -0.05) is 0 Å². The molecule has 5 atom stereocenters. The third-order valence-corrected chi connectivity index (χ3v) is 6.05. The van der Waals surface area contributed by atoms with Crippen molar-refractivity contribution in [3.63, 3.8) is 0 Å². The van der Waals surface area contributed by atoms with Crippen LogP contribution in [0.2, 0.25) is 0 Å². The molecule has 0 heterocycles. The van der Waals surface area contributed by atoms with Crippen molar-refractivity contribution in [2.24, 2.45) is 0 Å². The fourth-order valence-corrected chi connectivity index (χ4v) is 3.72. The number of aliphatic hydroxyl groups is 6. The molecule has 0 aromatic heterocycles. The Morgan fingerprint density at radius 3 is 1.83 bits per heavy atom. The molecule has 0 aliphatic rings. The molecule has 0 unspecified atom stereocenters. The molecule has 8 N–H and O–H groups in total. The van der Waals surface area contributed by atoms with Crippen LogP contribution in [-0.4, -0.2) is 95.2 Å². The maximum Gasteiger partial charge on any atom is 1.00 e. The predicted octanol–water partition coefficient (Wildman–Crippen LogP) is -7.36. The van der Waals surface area contributed by atoms with Gasteiger partial charge in [0.15, 0.2) is 0 Å². The third kappa shape index (κ3) is 7.98. The van der Waals surface area contributed by atoms with E-state index in [0.717, 1.165) is 24.3 Å². The topological polar surface area (TPSA) is 237 Å². The van der Waals surface area contributed by atoms with Crippen LogP contribution < -0.4 is 39.6 Å². The van der Waals surface area contributed by atoms with Gasteiger partial charge in [-0.15, -0.1) is 0 Å². The molecule has 29 heavy (non-hydrogen) atoms. The molecule has 0 aliphatic heterocycles. The fraction of sp³-hybridized carbons (Fsp3) is 0.538. The maximum atomic E-state index is 11.7. The van der Waals surface area contributed by atoms with Gasteiger partial charge in [0.05, 0.1) is 11.5 Å². The molecule has 1 aromatic carbocycles. The molecular formula is C13H21N2NaO11S2. The fourth-order valence-electron chi connectivity index (χ4n) is 2.11. The minimum Gasteiger partial charge on any atom is -0.746 e. The van der Waals surface area contributed by atoms with Crippen molar-refractivity contribution < 1.29 is 81.6 Å². The van der Waals surface area contributed by atoms with Crippen LogP contribution in [0.3, 0.4) is 0 Å². The first kappa shape index (κ1) is 28.6. The summed E-state index contributed by atoms with van der Waals surface area (Å²) in [7, 11) is -9.33. The molecule has 0 spiro atoms. The molecule has 0 aliphatic carbocycles. The minimum atomic E-state index is -5.31. The zero-order valence-corrected chi connectivity index (χ0v) is 18.8. The van der Waals surface area contributed by atoms with E-state index in [1.54, 1.807) is 4.72 Å². The van der Waals surface area contributed by atoms with Gasteiger partial charge in [-0.25, -0.2) is 16.8 Å². The van der Waals surface area contributed by atoms with Crippen molar-refractivity contribution in [3.8, 4) is 0 Å². The van der Waals surface area contributed by atoms with Crippen LogP contribution in [0.1, 0.15) is 0 Å². The van der Waals surface area contributed by atoms with E-state index in [0.29, 0.717) is 0 Å². The number of benzene rings is 1. The molecule has 0 saturated carbocycles. The summed E-state index contributed by atoms with van der Waals surface area (Å²) in [5.74, 6) is 0. The van der Waals surface area contributed by atoms with Gasteiger partial charge >= 0.3 is 29.6 Å². The van der Waals surface area contributed by atoms with Gasteiger partial charge in [0.1, 0.15) is 46.6 Å². The van der Waals surface area contributed by atoms with Crippen molar-refractivity contribution in [1.29, 1.82) is 0 Å². The first-order valence-electron chi connectivity index (χ1n) is 7.60. The van der Waals surface area contributed by atoms with Crippen molar-refractivity contribution >= 4 is 25.8 Å². The number of rotatable bonds is 11. The minimum absolute atomic E-state index is 0. The molecule has 16 heteroatoms. The van der Waals surface area contributed by atoms with E-state index >= 15 is 0 Å². The Hall–Kier alpha value is -0.400. The second kappa shape index (κ2) is 11.8. The van der Waals surface area contributed by atoms with Gasteiger partial charge in [-0.05, 0) is 24.3 Å². The van der Waals surface area contributed by atoms with Crippen LogP contribution in [0, 0.1) is 0 Å². The van der Waals surface area contributed by atoms with E-state index in [1.807, 2.05) is 0 Å². The average molecular weight is 468 g/mol. The van der Waals surface area contributed by atoms with E-state index in [-0.39, 0.29) is 40.1 Å². The number of hydrogen-bond donors (Lipinski definition) is 8. The summed E-state index contributed by atoms with van der Waals surface area (Å²) in [5, 5.41) is 55.7. The maximum absolute atomic E-state index is 11.7. The molecular weight excluding hydrogens is 447 g/mol. The van der Waals surface area contributed by atoms with Crippen molar-refractivity contribution in [1.82, 2.24) is 4.72 Å². The van der Waals surface area contributed by atoms with Gasteiger partial charge in [-0.3, -0.25) is 0 Å². The number of aliphatic hydroxyl groups excluding tert-OH is 6. The number of nitrogens with one attached hydrogen (secondary N) is 2. The summed E-state index contributed by atoms with van der Waals surface area (Å²) in [6, 6.07) is 4.09. The Morgan fingerprint density at radius 2 is 1.41 bits per heavy atom. The van der Waals surface area contributed by atoms with Crippen molar-refractivity contribution in [2.75, 3.05) is 18.7 Å². The van der Waals surface area contributed by atoms with E-state index in [2.05, 4.69) is 5.32 Å². The predicted molar refractivity (Wildman–Crippen MR) is 92.1 cm³/mol. The monoisotopic (exact) mass is 468 g/mol. The summed E-state index contributed by atoms with van der Waals surface area (Å²) < 4.78 is 59.5. The second-order valence-corrected chi connectivity index (χ2v) is 8.87. The van der Waals surface area contributed by atoms with Crippen LogP contribution >= 0.6 is 0 Å². The summed E-state index contributed by atoms with van der Waals surface area (Å²) in [6.45, 7) is -1.87. The van der Waals surface area contributed by atoms with Gasteiger partial charge in [0.2, 0.25) is 10.0 Å². The quantitative estimate of drug-likeness (QED) is 0.0859. The van der Waals surface area contributed by atoms with E-state index < -0.39 is 63.3 Å². The first-order valence-corrected chi connectivity index (χ1v) is 10.6. The molecule has 0 saturated heterocycles. The van der Waals surface area contributed by atoms with Crippen molar-refractivity contribution in [2.45, 2.75) is 34.7 Å². The molecule has 0 fully saturated rings. The standard InChI is InChI=1S/C13H22N2O11S2.Na/c16-5-9(18)10(19)11(20)12(21)13(28(24,25)26)15-7-1-3-8(4-2-7)27(22,23)14-6-17;/h1-4,9-21H,5-6H2,(H,24,25,26);/q;+1/p-1/t9-,10-,11+,12-,13+;/m1./s1. The molecule has 1 aromatic rings. The van der Waals surface area contributed by atoms with E-state index in [1.165, 1.54) is 0 Å². The normalized spacial score (nSPS) is 17.5. The van der Waals surface area contributed by atoms with Crippen LogP contribution in [0.15, 0.2) is 29.2 Å². The number of hydrogen-bond acceptors (Lipinski definition) is 12. The van der Waals surface area contributed by atoms with Crippen LogP contribution in [0.4, 0.5) is 5.69 Å². The van der Waals surface area contributed by atoms with E-state index in [9.17, 15) is 41.8 Å². The molecule has 0 bridgehead atoms. The smallest absolute Gasteiger partial charge is 0.746 e. The molecule has 1 rings (SSSR count). The first-order chi connectivity index (χ1) is 12.8. The largest absolute Gasteiger partial charge is 1.00 e. The Balaban J connectivity index is 0.00000784. The zero-order valence-electron chi connectivity index (χ0n) is 15.2. The summed E-state index contributed by atoms with van der Waals surface area (Å²) in [4.78, 5) is -0.296. The van der Waals surface area contributed by atoms with Gasteiger partial charge in [0.25, 0.3) is 0 Å². The van der Waals surface area contributed by atoms with Gasteiger partial charge in [0, 0.05) is 5.69 Å². The Bertz CT molecular complexity index is 835. The van der Waals surface area contributed by atoms with Crippen LogP contribution in [0.25, 0.3) is 0 Å². The van der Waals surface area contributed by atoms with Crippen molar-refractivity contribution in [3.05, 3.63) is 24.3 Å². The number of sulfonamides is 1. The SMILES string of the molecule is O=S(=O)(NCO)c1ccc(N[C@H]([C@H](O)[C@@H](O)[C@H](O)[C@H](O)CO)S(=O)(=O)[O-])cc1.[Na+]. The second-order valence-electron chi connectivity index (χ2n) is 5.61. The van der Waals surface area contributed by atoms with Gasteiger partial charge in [-0.2, -0.15) is 4.72 Å². The average Bonchev–Trinajstić information content (AvgIpc) is 2.63. The summed E-state index contributed by atoms with van der Waals surface area (Å²) in [6.07, 6.45) is -8.82. The molecule has 0 radical (unpaired) electrons. The zero-order chi connectivity index (χ0) is 21.7. The molecule has 162 valence electrons. The Morgan fingerprint density at radius 1 is 0.897 bits per heavy atom. The number of anilines is 1. The third-order valence-electron chi connectivity index (χ3n) is 3.63. The molecule has 13 nitrogen and oxygen atoms in total. The Labute approximate surface area is 189 Å². The van der Waals surface area contributed by atoms with Crippen LogP contribution in [0.5, 0.6) is 0 Å². The molecule has 0 amide bonds. The van der Waals surface area contributed by atoms with E-state index in [4.69, 9.17) is 10.2 Å². The summed E-state index contributed by atoms with van der Waals surface area (Å²) >= 11 is 0. The summed E-state index contributed by atoms with van der Waals surface area (Å²) in [5.41, 5.74) is -0.143. The van der Waals surface area contributed by atoms with Gasteiger partial charge < -0.3 is 40.5 Å². The Kier molecular flexibility index (Phi) is 11.7.